The van der Waals surface area contributed by atoms with Gasteiger partial charge in [-0.15, -0.1) is 0 Å². The van der Waals surface area contributed by atoms with Crippen LogP contribution in [0.5, 0.6) is 0 Å². The molecule has 5 nitrogen and oxygen atoms in total. The zero-order valence-corrected chi connectivity index (χ0v) is 7.97. The van der Waals surface area contributed by atoms with Gasteiger partial charge in [-0.25, -0.2) is 4.79 Å². The first-order chi connectivity index (χ1) is 6.60. The molecular formula is C9H13NO4. The maximum absolute atomic E-state index is 11.3. The van der Waals surface area contributed by atoms with E-state index < -0.39 is 12.0 Å². The molecule has 5 heteroatoms. The number of likely N-dealkylation sites (tertiary alicyclic amines) is 1. The van der Waals surface area contributed by atoms with Gasteiger partial charge < -0.3 is 14.7 Å². The molecule has 1 aliphatic heterocycles. The third-order valence-electron chi connectivity index (χ3n) is 2.34. The van der Waals surface area contributed by atoms with E-state index in [0.717, 1.165) is 6.08 Å². The second-order valence-corrected chi connectivity index (χ2v) is 3.14. The van der Waals surface area contributed by atoms with Crippen molar-refractivity contribution >= 4 is 11.9 Å². The highest BCUT2D eigenvalue weighted by molar-refractivity contribution is 5.91. The van der Waals surface area contributed by atoms with Crippen LogP contribution >= 0.6 is 0 Å². The molecule has 1 amide bonds. The van der Waals surface area contributed by atoms with Gasteiger partial charge in [0.1, 0.15) is 6.04 Å². The van der Waals surface area contributed by atoms with Crippen LogP contribution < -0.4 is 0 Å². The Labute approximate surface area is 82.0 Å². The summed E-state index contributed by atoms with van der Waals surface area (Å²) in [4.78, 5) is 23.4. The van der Waals surface area contributed by atoms with Gasteiger partial charge in [0.15, 0.2) is 0 Å². The molecule has 0 aliphatic carbocycles. The van der Waals surface area contributed by atoms with Gasteiger partial charge in [-0.3, -0.25) is 4.79 Å². The largest absolute Gasteiger partial charge is 0.480 e. The molecule has 0 aromatic rings. The molecule has 1 N–H and O–H groups in total. The number of amides is 1. The molecule has 0 bridgehead atoms. The van der Waals surface area contributed by atoms with E-state index in [-0.39, 0.29) is 12.0 Å². The smallest absolute Gasteiger partial charge is 0.326 e. The van der Waals surface area contributed by atoms with Crippen molar-refractivity contribution < 1.29 is 19.4 Å². The Balaban J connectivity index is 2.76. The van der Waals surface area contributed by atoms with Crippen molar-refractivity contribution in [1.82, 2.24) is 4.90 Å². The first-order valence-electron chi connectivity index (χ1n) is 4.28. The number of nitrogens with zero attached hydrogens (tertiary/aromatic N) is 1. The van der Waals surface area contributed by atoms with Gasteiger partial charge in [0.25, 0.3) is 0 Å². The Kier molecular flexibility index (Phi) is 3.24. The molecule has 1 aliphatic rings. The summed E-state index contributed by atoms with van der Waals surface area (Å²) in [5.74, 6) is -1.36. The monoisotopic (exact) mass is 199 g/mol. The SMILES string of the molecule is C=CC(=O)N1C[C@H](OC)C[C@H]1C(=O)O. The molecule has 0 saturated carbocycles. The Bertz CT molecular complexity index is 264. The number of carboxylic acids is 1. The topological polar surface area (TPSA) is 66.8 Å². The molecule has 0 unspecified atom stereocenters. The average molecular weight is 199 g/mol. The molecule has 2 atom stereocenters. The Morgan fingerprint density at radius 3 is 2.71 bits per heavy atom. The van der Waals surface area contributed by atoms with Crippen LogP contribution in [0.15, 0.2) is 12.7 Å². The second kappa shape index (κ2) is 4.23. The van der Waals surface area contributed by atoms with Crippen LogP contribution in [0.3, 0.4) is 0 Å². The highest BCUT2D eigenvalue weighted by atomic mass is 16.5. The number of carbonyl (C=O) groups excluding carboxylic acids is 1. The Hall–Kier alpha value is -1.36. The summed E-state index contributed by atoms with van der Waals surface area (Å²) in [6.45, 7) is 3.64. The molecule has 0 spiro atoms. The quantitative estimate of drug-likeness (QED) is 0.643. The number of aliphatic carboxylic acids is 1. The van der Waals surface area contributed by atoms with Crippen molar-refractivity contribution in [3.05, 3.63) is 12.7 Å². The van der Waals surface area contributed by atoms with E-state index in [9.17, 15) is 9.59 Å². The number of ether oxygens (including phenoxy) is 1. The summed E-state index contributed by atoms with van der Waals surface area (Å²) in [5.41, 5.74) is 0. The third kappa shape index (κ3) is 1.93. The standard InChI is InChI=1S/C9H13NO4/c1-3-8(11)10-5-6(14-2)4-7(10)9(12)13/h3,6-7H,1,4-5H2,2H3,(H,12,13)/t6-,7+/m1/s1. The summed E-state index contributed by atoms with van der Waals surface area (Å²) in [6, 6.07) is -0.787. The van der Waals surface area contributed by atoms with Gasteiger partial charge in [-0.05, 0) is 6.08 Å². The fourth-order valence-electron chi connectivity index (χ4n) is 1.56. The fraction of sp³-hybridized carbons (Fsp3) is 0.556. The molecular weight excluding hydrogens is 186 g/mol. The van der Waals surface area contributed by atoms with Gasteiger partial charge in [-0.1, -0.05) is 6.58 Å². The molecule has 14 heavy (non-hydrogen) atoms. The molecule has 1 rings (SSSR count). The normalized spacial score (nSPS) is 26.2. The third-order valence-corrected chi connectivity index (χ3v) is 2.34. The van der Waals surface area contributed by atoms with Crippen molar-refractivity contribution in [2.75, 3.05) is 13.7 Å². The van der Waals surface area contributed by atoms with E-state index >= 15 is 0 Å². The molecule has 0 aromatic heterocycles. The maximum Gasteiger partial charge on any atom is 0.326 e. The molecule has 0 radical (unpaired) electrons. The maximum atomic E-state index is 11.3. The van der Waals surface area contributed by atoms with Crippen LogP contribution in [0.2, 0.25) is 0 Å². The number of rotatable bonds is 3. The van der Waals surface area contributed by atoms with Crippen LogP contribution in [0.4, 0.5) is 0 Å². The van der Waals surface area contributed by atoms with Gasteiger partial charge in [-0.2, -0.15) is 0 Å². The van der Waals surface area contributed by atoms with Gasteiger partial charge in [0.05, 0.1) is 6.10 Å². The zero-order valence-electron chi connectivity index (χ0n) is 7.97. The number of hydrogen-bond donors (Lipinski definition) is 1. The minimum atomic E-state index is -1.00. The number of hydrogen-bond acceptors (Lipinski definition) is 3. The van der Waals surface area contributed by atoms with Crippen molar-refractivity contribution in [3.8, 4) is 0 Å². The van der Waals surface area contributed by atoms with Crippen molar-refractivity contribution in [3.63, 3.8) is 0 Å². The van der Waals surface area contributed by atoms with E-state index in [0.29, 0.717) is 13.0 Å². The van der Waals surface area contributed by atoms with Gasteiger partial charge in [0, 0.05) is 20.1 Å². The Morgan fingerprint density at radius 2 is 2.29 bits per heavy atom. The van der Waals surface area contributed by atoms with Crippen LogP contribution in [-0.2, 0) is 14.3 Å². The number of carbonyl (C=O) groups is 2. The molecule has 1 saturated heterocycles. The highest BCUT2D eigenvalue weighted by Gasteiger charge is 2.38. The second-order valence-electron chi connectivity index (χ2n) is 3.14. The first kappa shape index (κ1) is 10.7. The lowest BCUT2D eigenvalue weighted by Crippen LogP contribution is -2.39. The summed E-state index contributed by atoms with van der Waals surface area (Å²) in [6.07, 6.45) is 1.26. The van der Waals surface area contributed by atoms with Crippen LogP contribution in [-0.4, -0.2) is 47.7 Å². The molecule has 1 heterocycles. The van der Waals surface area contributed by atoms with Gasteiger partial charge >= 0.3 is 5.97 Å². The predicted octanol–water partition coefficient (Wildman–Crippen LogP) is -0.127. The lowest BCUT2D eigenvalue weighted by atomic mass is 10.2. The summed E-state index contributed by atoms with van der Waals surface area (Å²) < 4.78 is 5.02. The zero-order chi connectivity index (χ0) is 10.7. The van der Waals surface area contributed by atoms with Crippen molar-refractivity contribution in [2.45, 2.75) is 18.6 Å². The highest BCUT2D eigenvalue weighted by Crippen LogP contribution is 2.20. The predicted molar refractivity (Wildman–Crippen MR) is 48.7 cm³/mol. The van der Waals surface area contributed by atoms with Crippen molar-refractivity contribution in [1.29, 1.82) is 0 Å². The minimum absolute atomic E-state index is 0.194. The van der Waals surface area contributed by atoms with Crippen molar-refractivity contribution in [2.24, 2.45) is 0 Å². The van der Waals surface area contributed by atoms with E-state index in [1.807, 2.05) is 0 Å². The lowest BCUT2D eigenvalue weighted by Gasteiger charge is -2.18. The van der Waals surface area contributed by atoms with Gasteiger partial charge in [0.2, 0.25) is 5.91 Å². The van der Waals surface area contributed by atoms with E-state index in [1.165, 1.54) is 12.0 Å². The summed E-state index contributed by atoms with van der Waals surface area (Å²) in [7, 11) is 1.51. The summed E-state index contributed by atoms with van der Waals surface area (Å²) >= 11 is 0. The molecule has 1 fully saturated rings. The van der Waals surface area contributed by atoms with E-state index in [2.05, 4.69) is 6.58 Å². The Morgan fingerprint density at radius 1 is 1.64 bits per heavy atom. The summed E-state index contributed by atoms with van der Waals surface area (Å²) in [5, 5.41) is 8.86. The van der Waals surface area contributed by atoms with Crippen LogP contribution in [0.25, 0.3) is 0 Å². The minimum Gasteiger partial charge on any atom is -0.480 e. The fourth-order valence-corrected chi connectivity index (χ4v) is 1.56. The lowest BCUT2D eigenvalue weighted by molar-refractivity contribution is -0.146. The van der Waals surface area contributed by atoms with Crippen LogP contribution in [0, 0.1) is 0 Å². The van der Waals surface area contributed by atoms with E-state index in [4.69, 9.17) is 9.84 Å². The molecule has 0 aromatic carbocycles. The first-order valence-corrected chi connectivity index (χ1v) is 4.28. The number of methoxy groups -OCH3 is 1. The number of carboxylic acid groups (broad SMARTS) is 1. The van der Waals surface area contributed by atoms with Crippen LogP contribution in [0.1, 0.15) is 6.42 Å². The molecule has 78 valence electrons. The average Bonchev–Trinajstić information content (AvgIpc) is 2.60. The van der Waals surface area contributed by atoms with E-state index in [1.54, 1.807) is 0 Å².